The van der Waals surface area contributed by atoms with Gasteiger partial charge in [-0.2, -0.15) is 10.6 Å². The molecule has 0 spiro atoms. The molecule has 1 aromatic heterocycles. The van der Waals surface area contributed by atoms with E-state index in [1.165, 1.54) is 7.05 Å². The molecule has 0 aliphatic heterocycles. The number of aromatic nitrogens is 2. The highest BCUT2D eigenvalue weighted by Gasteiger charge is 2.21. The van der Waals surface area contributed by atoms with Gasteiger partial charge < -0.3 is 9.94 Å². The molecule has 150 valence electrons. The van der Waals surface area contributed by atoms with Crippen LogP contribution in [0.15, 0.2) is 18.3 Å². The van der Waals surface area contributed by atoms with Gasteiger partial charge in [-0.25, -0.2) is 13.6 Å². The Kier molecular flexibility index (Phi) is 9.41. The molecule has 0 amide bonds. The molecule has 0 saturated heterocycles. The maximum absolute atomic E-state index is 12.1. The number of benzene rings is 1. The first kappa shape index (κ1) is 23.6. The third-order valence-corrected chi connectivity index (χ3v) is 4.12. The summed E-state index contributed by atoms with van der Waals surface area (Å²) < 4.78 is 25.2. The molecule has 2 aromatic rings. The lowest BCUT2D eigenvalue weighted by Crippen LogP contribution is -2.27. The zero-order valence-corrected chi connectivity index (χ0v) is 16.9. The van der Waals surface area contributed by atoms with Gasteiger partial charge in [0.05, 0.1) is 7.11 Å². The number of carboxylic acids is 1. The van der Waals surface area contributed by atoms with Gasteiger partial charge in [0.1, 0.15) is 11.3 Å². The average molecular weight is 445 g/mol. The molecule has 1 heterocycles. The zero-order valence-electron chi connectivity index (χ0n) is 14.6. The molecule has 11 heteroatoms. The number of carbonyl (C=O) groups is 1. The molecule has 0 aliphatic carbocycles. The van der Waals surface area contributed by atoms with Crippen molar-refractivity contribution < 1.29 is 23.5 Å². The minimum atomic E-state index is -2.85. The van der Waals surface area contributed by atoms with Crippen molar-refractivity contribution in [2.75, 3.05) is 7.11 Å². The molecule has 0 bridgehead atoms. The minimum Gasteiger partial charge on any atom is -0.478 e. The Balaban J connectivity index is 0.000000277. The minimum absolute atomic E-state index is 0.131. The van der Waals surface area contributed by atoms with E-state index in [-0.39, 0.29) is 6.04 Å². The summed E-state index contributed by atoms with van der Waals surface area (Å²) >= 11 is 17.9. The summed E-state index contributed by atoms with van der Waals surface area (Å²) in [6, 6.07) is 3.50. The number of carboxylic acid groups (broad SMARTS) is 1. The molecular formula is C16H18Cl3F2N3O3. The van der Waals surface area contributed by atoms with Gasteiger partial charge in [-0.3, -0.25) is 4.68 Å². The number of aryl methyl sites for hydroxylation is 1. The Morgan fingerprint density at radius 1 is 1.33 bits per heavy atom. The lowest BCUT2D eigenvalue weighted by atomic mass is 10.1. The maximum atomic E-state index is 12.1. The van der Waals surface area contributed by atoms with E-state index >= 15 is 0 Å². The van der Waals surface area contributed by atoms with Crippen molar-refractivity contribution in [2.24, 2.45) is 7.05 Å². The van der Waals surface area contributed by atoms with E-state index in [1.807, 2.05) is 6.92 Å². The number of hydrogen-bond acceptors (Lipinski definition) is 4. The van der Waals surface area contributed by atoms with Crippen molar-refractivity contribution in [3.63, 3.8) is 0 Å². The zero-order chi connectivity index (χ0) is 20.7. The van der Waals surface area contributed by atoms with Gasteiger partial charge in [-0.05, 0) is 31.0 Å². The number of halogens is 5. The van der Waals surface area contributed by atoms with Crippen LogP contribution in [0.1, 0.15) is 35.0 Å². The second kappa shape index (κ2) is 10.8. The number of nitrogens with one attached hydrogen (secondary N) is 1. The molecular weight excluding hydrogens is 427 g/mol. The first-order valence-corrected chi connectivity index (χ1v) is 8.67. The monoisotopic (exact) mass is 443 g/mol. The molecule has 2 N–H and O–H groups in total. The Morgan fingerprint density at radius 2 is 1.89 bits per heavy atom. The Labute approximate surface area is 169 Å². The summed E-state index contributed by atoms with van der Waals surface area (Å²) in [6.07, 6.45) is -1.12. The summed E-state index contributed by atoms with van der Waals surface area (Å²) in [5.74, 6) is -1.39. The van der Waals surface area contributed by atoms with Gasteiger partial charge in [0.15, 0.2) is 0 Å². The second-order valence-corrected chi connectivity index (χ2v) is 6.73. The van der Waals surface area contributed by atoms with Crippen LogP contribution in [-0.4, -0.2) is 34.0 Å². The fourth-order valence-electron chi connectivity index (χ4n) is 2.15. The van der Waals surface area contributed by atoms with E-state index in [1.54, 1.807) is 19.2 Å². The molecule has 1 unspecified atom stereocenters. The molecule has 0 radical (unpaired) electrons. The van der Waals surface area contributed by atoms with Crippen LogP contribution in [0.5, 0.6) is 0 Å². The third-order valence-electron chi connectivity index (χ3n) is 3.23. The smallest absolute Gasteiger partial charge is 0.339 e. The van der Waals surface area contributed by atoms with Crippen LogP contribution in [0.25, 0.3) is 0 Å². The highest BCUT2D eigenvalue weighted by Crippen LogP contribution is 2.29. The van der Waals surface area contributed by atoms with Gasteiger partial charge in [0.2, 0.25) is 0 Å². The van der Waals surface area contributed by atoms with E-state index < -0.39 is 23.7 Å². The molecule has 0 saturated carbocycles. The number of alkyl halides is 2. The van der Waals surface area contributed by atoms with Gasteiger partial charge in [0.25, 0.3) is 6.43 Å². The lowest BCUT2D eigenvalue weighted by Gasteiger charge is -2.14. The first-order valence-electron chi connectivity index (χ1n) is 7.53. The summed E-state index contributed by atoms with van der Waals surface area (Å²) in [4.78, 5) is 15.2. The van der Waals surface area contributed by atoms with Gasteiger partial charge in [-0.15, -0.1) is 0 Å². The molecule has 1 atom stereocenters. The SMILES string of the molecule is CONC(C)Cc1c(Cl)cc(Cl)cc1Cl.Cn1cc(C(=O)O)c(C(F)F)n1. The summed E-state index contributed by atoms with van der Waals surface area (Å²) in [5.41, 5.74) is 2.55. The van der Waals surface area contributed by atoms with Crippen LogP contribution in [-0.2, 0) is 18.3 Å². The number of hydrogen-bond donors (Lipinski definition) is 2. The van der Waals surface area contributed by atoms with Crippen LogP contribution in [0.3, 0.4) is 0 Å². The highest BCUT2D eigenvalue weighted by atomic mass is 35.5. The largest absolute Gasteiger partial charge is 0.478 e. The predicted molar refractivity (Wildman–Crippen MR) is 99.9 cm³/mol. The van der Waals surface area contributed by atoms with Crippen molar-refractivity contribution in [2.45, 2.75) is 25.8 Å². The topological polar surface area (TPSA) is 76.4 Å². The van der Waals surface area contributed by atoms with Crippen molar-refractivity contribution in [1.82, 2.24) is 15.3 Å². The Morgan fingerprint density at radius 3 is 2.30 bits per heavy atom. The molecule has 0 aliphatic rings. The van der Waals surface area contributed by atoms with Crippen molar-refractivity contribution in [1.29, 1.82) is 0 Å². The molecule has 1 aromatic carbocycles. The Hall–Kier alpha value is -1.45. The normalized spacial score (nSPS) is 11.9. The van der Waals surface area contributed by atoms with Crippen molar-refractivity contribution in [3.05, 3.63) is 50.2 Å². The lowest BCUT2D eigenvalue weighted by molar-refractivity contribution is 0.0661. The molecule has 27 heavy (non-hydrogen) atoms. The second-order valence-electron chi connectivity index (χ2n) is 5.48. The molecule has 2 rings (SSSR count). The van der Waals surface area contributed by atoms with Gasteiger partial charge >= 0.3 is 5.97 Å². The van der Waals surface area contributed by atoms with Gasteiger partial charge in [-0.1, -0.05) is 34.8 Å². The van der Waals surface area contributed by atoms with Crippen LogP contribution in [0.4, 0.5) is 8.78 Å². The number of nitrogens with zero attached hydrogens (tertiary/aromatic N) is 2. The quantitative estimate of drug-likeness (QED) is 0.627. The van der Waals surface area contributed by atoms with Crippen LogP contribution in [0, 0.1) is 0 Å². The number of rotatable bonds is 6. The van der Waals surface area contributed by atoms with Crippen LogP contribution in [0.2, 0.25) is 15.1 Å². The van der Waals surface area contributed by atoms with Crippen molar-refractivity contribution >= 4 is 40.8 Å². The standard InChI is InChI=1S/C10H12Cl3NO.C6H6F2N2O2/c1-6(14-15-2)3-8-9(12)4-7(11)5-10(8)13;1-10-2-3(6(11)12)4(9-10)5(7)8/h4-6,14H,3H2,1-2H3;2,5H,1H3,(H,11,12). The van der Waals surface area contributed by atoms with E-state index in [2.05, 4.69) is 10.6 Å². The molecule has 0 fully saturated rings. The fraction of sp³-hybridized carbons (Fsp3) is 0.375. The van der Waals surface area contributed by atoms with Gasteiger partial charge in [0, 0.05) is 34.4 Å². The first-order chi connectivity index (χ1) is 12.6. The van der Waals surface area contributed by atoms with E-state index in [4.69, 9.17) is 44.7 Å². The van der Waals surface area contributed by atoms with Crippen LogP contribution >= 0.6 is 34.8 Å². The fourth-order valence-corrected chi connectivity index (χ4v) is 3.12. The van der Waals surface area contributed by atoms with Crippen LogP contribution < -0.4 is 5.48 Å². The average Bonchev–Trinajstić information content (AvgIpc) is 2.94. The summed E-state index contributed by atoms with van der Waals surface area (Å²) in [5, 5.41) is 13.5. The summed E-state index contributed by atoms with van der Waals surface area (Å²) in [6.45, 7) is 1.98. The van der Waals surface area contributed by atoms with Crippen molar-refractivity contribution in [3.8, 4) is 0 Å². The van der Waals surface area contributed by atoms with E-state index in [0.29, 0.717) is 21.5 Å². The van der Waals surface area contributed by atoms with E-state index in [9.17, 15) is 13.6 Å². The van der Waals surface area contributed by atoms with E-state index in [0.717, 1.165) is 16.4 Å². The predicted octanol–water partition coefficient (Wildman–Crippen LogP) is 4.78. The number of hydroxylamine groups is 1. The number of aromatic carboxylic acids is 1. The third kappa shape index (κ3) is 7.23. The summed E-state index contributed by atoms with van der Waals surface area (Å²) in [7, 11) is 2.96. The highest BCUT2D eigenvalue weighted by molar-refractivity contribution is 6.39. The molecule has 6 nitrogen and oxygen atoms in total. The Bertz CT molecular complexity index is 765. The maximum Gasteiger partial charge on any atom is 0.339 e.